The van der Waals surface area contributed by atoms with Crippen molar-refractivity contribution in [3.63, 3.8) is 0 Å². The molecule has 1 nitrogen and oxygen atoms in total. The van der Waals surface area contributed by atoms with Gasteiger partial charge in [0.15, 0.2) is 0 Å². The summed E-state index contributed by atoms with van der Waals surface area (Å²) in [5.41, 5.74) is 0. The number of alkyl halides is 2. The van der Waals surface area contributed by atoms with Gasteiger partial charge in [0.25, 0.3) is 6.43 Å². The highest BCUT2D eigenvalue weighted by Gasteiger charge is 2.32. The van der Waals surface area contributed by atoms with E-state index in [0.717, 1.165) is 19.0 Å². The molecule has 0 amide bonds. The summed E-state index contributed by atoms with van der Waals surface area (Å²) in [7, 11) is 0. The third-order valence-electron chi connectivity index (χ3n) is 3.23. The lowest BCUT2D eigenvalue weighted by molar-refractivity contribution is 0.00116. The molecule has 0 aliphatic carbocycles. The second-order valence-corrected chi connectivity index (χ2v) is 4.33. The van der Waals surface area contributed by atoms with E-state index < -0.39 is 6.43 Å². The summed E-state index contributed by atoms with van der Waals surface area (Å²) in [6, 6.07) is 0. The minimum Gasteiger partial charge on any atom is -0.297 e. The van der Waals surface area contributed by atoms with Gasteiger partial charge in [0.1, 0.15) is 0 Å². The molecular weight excluding hydrogens is 184 g/mol. The maximum atomic E-state index is 12.0. The molecule has 3 heteroatoms. The van der Waals surface area contributed by atoms with Crippen molar-refractivity contribution >= 4 is 0 Å². The SMILES string of the molecule is CCCC(CC)C1CN(CC(F)F)C1. The third-order valence-corrected chi connectivity index (χ3v) is 3.23. The standard InChI is InChI=1S/C11H21F2N/c1-3-5-9(4-2)10-6-14(7-10)8-11(12)13/h9-11H,3-8H2,1-2H3. The second-order valence-electron chi connectivity index (χ2n) is 4.33. The highest BCUT2D eigenvalue weighted by Crippen LogP contribution is 2.29. The second kappa shape index (κ2) is 5.64. The highest BCUT2D eigenvalue weighted by atomic mass is 19.3. The van der Waals surface area contributed by atoms with Crippen LogP contribution in [0.1, 0.15) is 33.1 Å². The number of hydrogen-bond acceptors (Lipinski definition) is 1. The summed E-state index contributed by atoms with van der Waals surface area (Å²) in [6.07, 6.45) is 1.50. The number of rotatable bonds is 6. The Kier molecular flexibility index (Phi) is 4.79. The molecule has 0 radical (unpaired) electrons. The van der Waals surface area contributed by atoms with Crippen LogP contribution in [0.15, 0.2) is 0 Å². The quantitative estimate of drug-likeness (QED) is 0.644. The molecule has 1 rings (SSSR count). The molecule has 0 aromatic carbocycles. The topological polar surface area (TPSA) is 3.24 Å². The molecule has 1 aliphatic heterocycles. The van der Waals surface area contributed by atoms with Crippen LogP contribution in [-0.4, -0.2) is 31.0 Å². The van der Waals surface area contributed by atoms with E-state index in [-0.39, 0.29) is 6.54 Å². The van der Waals surface area contributed by atoms with Crippen LogP contribution in [0.4, 0.5) is 8.78 Å². The summed E-state index contributed by atoms with van der Waals surface area (Å²) in [5, 5.41) is 0. The van der Waals surface area contributed by atoms with Gasteiger partial charge in [-0.25, -0.2) is 8.78 Å². The molecular formula is C11H21F2N. The fourth-order valence-electron chi connectivity index (χ4n) is 2.40. The molecule has 1 heterocycles. The lowest BCUT2D eigenvalue weighted by Gasteiger charge is -2.43. The van der Waals surface area contributed by atoms with Gasteiger partial charge in [-0.15, -0.1) is 0 Å². The number of likely N-dealkylation sites (tertiary alicyclic amines) is 1. The van der Waals surface area contributed by atoms with E-state index in [0.29, 0.717) is 5.92 Å². The molecule has 84 valence electrons. The van der Waals surface area contributed by atoms with E-state index in [2.05, 4.69) is 13.8 Å². The smallest absolute Gasteiger partial charge is 0.251 e. The summed E-state index contributed by atoms with van der Waals surface area (Å²) in [4.78, 5) is 1.87. The molecule has 14 heavy (non-hydrogen) atoms. The number of hydrogen-bond donors (Lipinski definition) is 0. The van der Waals surface area contributed by atoms with Crippen molar-refractivity contribution in [3.8, 4) is 0 Å². The Morgan fingerprint density at radius 2 is 1.93 bits per heavy atom. The van der Waals surface area contributed by atoms with Gasteiger partial charge in [-0.3, -0.25) is 4.90 Å². The summed E-state index contributed by atoms with van der Waals surface area (Å²) < 4.78 is 24.0. The van der Waals surface area contributed by atoms with Gasteiger partial charge in [0, 0.05) is 13.1 Å². The van der Waals surface area contributed by atoms with Crippen molar-refractivity contribution in [2.75, 3.05) is 19.6 Å². The van der Waals surface area contributed by atoms with Crippen molar-refractivity contribution < 1.29 is 8.78 Å². The molecule has 1 saturated heterocycles. The van der Waals surface area contributed by atoms with Crippen molar-refractivity contribution in [3.05, 3.63) is 0 Å². The first-order valence-corrected chi connectivity index (χ1v) is 5.67. The van der Waals surface area contributed by atoms with Gasteiger partial charge < -0.3 is 0 Å². The van der Waals surface area contributed by atoms with Gasteiger partial charge >= 0.3 is 0 Å². The maximum absolute atomic E-state index is 12.0. The maximum Gasteiger partial charge on any atom is 0.251 e. The van der Waals surface area contributed by atoms with Crippen LogP contribution in [0.5, 0.6) is 0 Å². The van der Waals surface area contributed by atoms with Crippen LogP contribution >= 0.6 is 0 Å². The minimum atomic E-state index is -2.16. The zero-order valence-electron chi connectivity index (χ0n) is 9.18. The fraction of sp³-hybridized carbons (Fsp3) is 1.00. The number of halogens is 2. The zero-order chi connectivity index (χ0) is 10.6. The normalized spacial score (nSPS) is 21.2. The van der Waals surface area contributed by atoms with Gasteiger partial charge in [-0.05, 0) is 11.8 Å². The molecule has 1 aliphatic rings. The summed E-state index contributed by atoms with van der Waals surface area (Å²) in [6.45, 7) is 6.15. The van der Waals surface area contributed by atoms with E-state index in [9.17, 15) is 8.78 Å². The Labute approximate surface area is 85.5 Å². The number of nitrogens with zero attached hydrogens (tertiary/aromatic N) is 1. The van der Waals surface area contributed by atoms with Crippen molar-refractivity contribution in [1.29, 1.82) is 0 Å². The predicted octanol–water partition coefficient (Wildman–Crippen LogP) is 3.01. The fourth-order valence-corrected chi connectivity index (χ4v) is 2.40. The molecule has 1 fully saturated rings. The average Bonchev–Trinajstić information content (AvgIpc) is 2.07. The highest BCUT2D eigenvalue weighted by molar-refractivity contribution is 4.84. The first-order valence-electron chi connectivity index (χ1n) is 5.67. The molecule has 0 aromatic rings. The van der Waals surface area contributed by atoms with Crippen LogP contribution in [0.2, 0.25) is 0 Å². The van der Waals surface area contributed by atoms with E-state index in [1.54, 1.807) is 0 Å². The van der Waals surface area contributed by atoms with Crippen LogP contribution in [0.3, 0.4) is 0 Å². The largest absolute Gasteiger partial charge is 0.297 e. The van der Waals surface area contributed by atoms with Crippen molar-refractivity contribution in [2.45, 2.75) is 39.5 Å². The monoisotopic (exact) mass is 205 g/mol. The average molecular weight is 205 g/mol. The molecule has 0 N–H and O–H groups in total. The van der Waals surface area contributed by atoms with E-state index in [1.165, 1.54) is 19.3 Å². The Morgan fingerprint density at radius 1 is 1.29 bits per heavy atom. The van der Waals surface area contributed by atoms with Crippen LogP contribution in [0, 0.1) is 11.8 Å². The van der Waals surface area contributed by atoms with Gasteiger partial charge in [-0.1, -0.05) is 33.1 Å². The summed E-state index contributed by atoms with van der Waals surface area (Å²) >= 11 is 0. The summed E-state index contributed by atoms with van der Waals surface area (Å²) in [5.74, 6) is 1.44. The van der Waals surface area contributed by atoms with Crippen molar-refractivity contribution in [2.24, 2.45) is 11.8 Å². The molecule has 1 atom stereocenters. The Morgan fingerprint density at radius 3 is 2.36 bits per heavy atom. The van der Waals surface area contributed by atoms with Gasteiger partial charge in [-0.2, -0.15) is 0 Å². The molecule has 0 spiro atoms. The van der Waals surface area contributed by atoms with E-state index >= 15 is 0 Å². The van der Waals surface area contributed by atoms with Crippen LogP contribution in [0.25, 0.3) is 0 Å². The Balaban J connectivity index is 2.18. The first-order chi connectivity index (χ1) is 6.67. The Hall–Kier alpha value is -0.180. The molecule has 0 aromatic heterocycles. The lowest BCUT2D eigenvalue weighted by Crippen LogP contribution is -2.51. The van der Waals surface area contributed by atoms with E-state index in [4.69, 9.17) is 0 Å². The molecule has 0 saturated carbocycles. The molecule has 0 bridgehead atoms. The first kappa shape index (κ1) is 11.9. The zero-order valence-corrected chi connectivity index (χ0v) is 9.18. The van der Waals surface area contributed by atoms with Gasteiger partial charge in [0.2, 0.25) is 0 Å². The minimum absolute atomic E-state index is 0.0287. The Bertz CT molecular complexity index is 155. The van der Waals surface area contributed by atoms with Gasteiger partial charge in [0.05, 0.1) is 6.54 Å². The third kappa shape index (κ3) is 3.19. The van der Waals surface area contributed by atoms with Crippen molar-refractivity contribution in [1.82, 2.24) is 4.90 Å². The molecule has 1 unspecified atom stereocenters. The van der Waals surface area contributed by atoms with Crippen LogP contribution < -0.4 is 0 Å². The predicted molar refractivity (Wildman–Crippen MR) is 54.6 cm³/mol. The lowest BCUT2D eigenvalue weighted by atomic mass is 9.81. The van der Waals surface area contributed by atoms with E-state index in [1.807, 2.05) is 4.90 Å². The van der Waals surface area contributed by atoms with Crippen LogP contribution in [-0.2, 0) is 0 Å².